The molecule has 0 bridgehead atoms. The quantitative estimate of drug-likeness (QED) is 0.585. The van der Waals surface area contributed by atoms with E-state index in [2.05, 4.69) is 16.6 Å². The van der Waals surface area contributed by atoms with Crippen LogP contribution in [0.5, 0.6) is 0 Å². The van der Waals surface area contributed by atoms with Crippen LogP contribution in [0.25, 0.3) is 11.1 Å². The third-order valence-electron chi connectivity index (χ3n) is 4.96. The molecule has 3 N–H and O–H groups in total. The van der Waals surface area contributed by atoms with E-state index in [9.17, 15) is 14.4 Å². The highest BCUT2D eigenvalue weighted by Gasteiger charge is 2.29. The summed E-state index contributed by atoms with van der Waals surface area (Å²) in [5.74, 6) is 0.522. The summed E-state index contributed by atoms with van der Waals surface area (Å²) in [4.78, 5) is 35.4. The van der Waals surface area contributed by atoms with Crippen LogP contribution in [0.2, 0.25) is 0 Å². The number of hydrogen-bond acceptors (Lipinski definition) is 4. The number of alkyl carbamates (subject to hydrolysis) is 1. The topological polar surface area (TPSA) is 105 Å². The van der Waals surface area contributed by atoms with E-state index in [1.807, 2.05) is 48.5 Å². The molecule has 2 aromatic rings. The molecule has 0 fully saturated rings. The first-order valence-electron chi connectivity index (χ1n) is 9.55. The second-order valence-corrected chi connectivity index (χ2v) is 6.88. The van der Waals surface area contributed by atoms with Crippen LogP contribution in [0.3, 0.4) is 0 Å². The van der Waals surface area contributed by atoms with Crippen LogP contribution < -0.4 is 10.6 Å². The number of carbonyl (C=O) groups excluding carboxylic acids is 2. The summed E-state index contributed by atoms with van der Waals surface area (Å²) >= 11 is 0. The van der Waals surface area contributed by atoms with Gasteiger partial charge in [-0.2, -0.15) is 0 Å². The van der Waals surface area contributed by atoms with Crippen LogP contribution in [0.4, 0.5) is 4.79 Å². The smallest absolute Gasteiger partial charge is 0.407 e. The fourth-order valence-corrected chi connectivity index (χ4v) is 3.58. The lowest BCUT2D eigenvalue weighted by atomic mass is 9.98. The van der Waals surface area contributed by atoms with Crippen LogP contribution >= 0.6 is 0 Å². The maximum atomic E-state index is 12.4. The van der Waals surface area contributed by atoms with Crippen LogP contribution in [-0.4, -0.2) is 42.3 Å². The summed E-state index contributed by atoms with van der Waals surface area (Å²) in [6.45, 7) is 0.0757. The molecule has 7 nitrogen and oxygen atoms in total. The normalized spacial score (nSPS) is 12.8. The summed E-state index contributed by atoms with van der Waals surface area (Å²) < 4.78 is 5.41. The van der Waals surface area contributed by atoms with Gasteiger partial charge in [0.2, 0.25) is 5.91 Å². The van der Waals surface area contributed by atoms with Gasteiger partial charge in [-0.3, -0.25) is 9.59 Å². The number of rotatable bonds is 8. The lowest BCUT2D eigenvalue weighted by Gasteiger charge is -2.19. The lowest BCUT2D eigenvalue weighted by molar-refractivity contribution is -0.137. The number of ether oxygens (including phenoxy) is 1. The van der Waals surface area contributed by atoms with E-state index in [0.717, 1.165) is 22.3 Å². The highest BCUT2D eigenvalue weighted by molar-refractivity contribution is 5.86. The van der Waals surface area contributed by atoms with E-state index in [1.54, 1.807) is 0 Å². The van der Waals surface area contributed by atoms with Crippen molar-refractivity contribution in [2.45, 2.75) is 24.8 Å². The zero-order valence-corrected chi connectivity index (χ0v) is 16.3. The molecule has 1 aliphatic carbocycles. The summed E-state index contributed by atoms with van der Waals surface area (Å²) in [6.07, 6.45) is 3.98. The molecule has 0 aliphatic heterocycles. The zero-order valence-electron chi connectivity index (χ0n) is 16.3. The molecule has 0 aromatic heterocycles. The zero-order chi connectivity index (χ0) is 21.5. The van der Waals surface area contributed by atoms with Gasteiger partial charge in [0, 0.05) is 12.3 Å². The first kappa shape index (κ1) is 20.9. The Bertz CT molecular complexity index is 950. The molecule has 0 saturated carbocycles. The Labute approximate surface area is 174 Å². The molecule has 0 saturated heterocycles. The van der Waals surface area contributed by atoms with Crippen molar-refractivity contribution in [1.82, 2.24) is 10.6 Å². The van der Waals surface area contributed by atoms with Gasteiger partial charge in [0.1, 0.15) is 12.6 Å². The van der Waals surface area contributed by atoms with E-state index >= 15 is 0 Å². The largest absolute Gasteiger partial charge is 0.481 e. The van der Waals surface area contributed by atoms with E-state index in [-0.39, 0.29) is 31.9 Å². The fourth-order valence-electron chi connectivity index (χ4n) is 3.58. The molecule has 2 amide bonds. The number of hydrogen-bond donors (Lipinski definition) is 3. The number of amides is 2. The molecule has 3 rings (SSSR count). The predicted molar refractivity (Wildman–Crippen MR) is 111 cm³/mol. The second-order valence-electron chi connectivity index (χ2n) is 6.88. The van der Waals surface area contributed by atoms with Gasteiger partial charge in [-0.25, -0.2) is 4.79 Å². The van der Waals surface area contributed by atoms with Gasteiger partial charge >= 0.3 is 12.1 Å². The number of terminal acetylenes is 1. The minimum absolute atomic E-state index is 0.0191. The highest BCUT2D eigenvalue weighted by atomic mass is 16.5. The van der Waals surface area contributed by atoms with E-state index in [4.69, 9.17) is 16.3 Å². The number of carbonyl (C=O) groups is 3. The average molecular weight is 406 g/mol. The molecule has 7 heteroatoms. The first-order valence-corrected chi connectivity index (χ1v) is 9.55. The molecule has 0 radical (unpaired) electrons. The van der Waals surface area contributed by atoms with Gasteiger partial charge in [0.15, 0.2) is 0 Å². The van der Waals surface area contributed by atoms with Gasteiger partial charge in [-0.15, -0.1) is 6.42 Å². The predicted octanol–water partition coefficient (Wildman–Crippen LogP) is 2.51. The van der Waals surface area contributed by atoms with E-state index in [0.29, 0.717) is 0 Å². The van der Waals surface area contributed by atoms with Gasteiger partial charge in [-0.1, -0.05) is 54.5 Å². The minimum atomic E-state index is -1.07. The van der Waals surface area contributed by atoms with E-state index in [1.165, 1.54) is 0 Å². The first-order chi connectivity index (χ1) is 14.5. The Morgan fingerprint density at radius 1 is 1.07 bits per heavy atom. The van der Waals surface area contributed by atoms with Crippen molar-refractivity contribution in [2.75, 3.05) is 13.2 Å². The number of nitrogens with one attached hydrogen (secondary N) is 2. The van der Waals surface area contributed by atoms with Crippen molar-refractivity contribution in [1.29, 1.82) is 0 Å². The number of carboxylic acid groups (broad SMARTS) is 1. The van der Waals surface area contributed by atoms with Crippen molar-refractivity contribution >= 4 is 18.0 Å². The number of carboxylic acids is 1. The Balaban J connectivity index is 1.66. The molecule has 0 heterocycles. The molecule has 1 unspecified atom stereocenters. The molecule has 30 heavy (non-hydrogen) atoms. The summed E-state index contributed by atoms with van der Waals surface area (Å²) in [5, 5.41) is 13.8. The Morgan fingerprint density at radius 3 is 2.23 bits per heavy atom. The maximum absolute atomic E-state index is 12.4. The third kappa shape index (κ3) is 4.78. The number of fused-ring (bicyclic) bond motifs is 3. The molecule has 0 spiro atoms. The maximum Gasteiger partial charge on any atom is 0.407 e. The number of aliphatic carboxylic acids is 1. The molecule has 2 aromatic carbocycles. The Hall–Kier alpha value is -3.79. The lowest BCUT2D eigenvalue weighted by Crippen LogP contribution is -2.47. The monoisotopic (exact) mass is 406 g/mol. The third-order valence-corrected chi connectivity index (χ3v) is 4.96. The van der Waals surface area contributed by atoms with Gasteiger partial charge in [0.25, 0.3) is 0 Å². The summed E-state index contributed by atoms with van der Waals surface area (Å²) in [5.41, 5.74) is 4.35. The van der Waals surface area contributed by atoms with Crippen LogP contribution in [0, 0.1) is 12.3 Å². The molecular weight excluding hydrogens is 384 g/mol. The average Bonchev–Trinajstić information content (AvgIpc) is 3.07. The standard InChI is InChI=1S/C23H22N2O5/c1-2-13-24-22(28)20(11-12-21(26)27)25-23(29)30-14-19-17-9-5-3-7-15(17)16-8-4-6-10-18(16)19/h1,3-10,19-20H,11-14H2,(H,24,28)(H,25,29)(H,26,27). The van der Waals surface area contributed by atoms with Crippen molar-refractivity contribution < 1.29 is 24.2 Å². The highest BCUT2D eigenvalue weighted by Crippen LogP contribution is 2.44. The van der Waals surface area contributed by atoms with Gasteiger partial charge < -0.3 is 20.5 Å². The van der Waals surface area contributed by atoms with E-state index < -0.39 is 24.0 Å². The molecule has 1 atom stereocenters. The van der Waals surface area contributed by atoms with Gasteiger partial charge in [-0.05, 0) is 28.7 Å². The van der Waals surface area contributed by atoms with Gasteiger partial charge in [0.05, 0.1) is 6.54 Å². The number of benzene rings is 2. The Morgan fingerprint density at radius 2 is 1.67 bits per heavy atom. The summed E-state index contributed by atoms with van der Waals surface area (Å²) in [7, 11) is 0. The molecule has 1 aliphatic rings. The van der Waals surface area contributed by atoms with Crippen LogP contribution in [0.1, 0.15) is 29.9 Å². The molecule has 154 valence electrons. The van der Waals surface area contributed by atoms with Crippen LogP contribution in [0.15, 0.2) is 48.5 Å². The Kier molecular flexibility index (Phi) is 6.71. The van der Waals surface area contributed by atoms with Crippen molar-refractivity contribution in [2.24, 2.45) is 0 Å². The summed E-state index contributed by atoms with van der Waals surface area (Å²) in [6, 6.07) is 14.8. The molecular formula is C23H22N2O5. The SMILES string of the molecule is C#CCNC(=O)C(CCC(=O)O)NC(=O)OCC1c2ccccc2-c2ccccc21. The van der Waals surface area contributed by atoms with Crippen molar-refractivity contribution in [3.8, 4) is 23.5 Å². The van der Waals surface area contributed by atoms with Crippen LogP contribution in [-0.2, 0) is 14.3 Å². The van der Waals surface area contributed by atoms with Crippen molar-refractivity contribution in [3.05, 3.63) is 59.7 Å². The second kappa shape index (κ2) is 9.61. The minimum Gasteiger partial charge on any atom is -0.481 e. The fraction of sp³-hybridized carbons (Fsp3) is 0.261. The van der Waals surface area contributed by atoms with Crippen molar-refractivity contribution in [3.63, 3.8) is 0 Å².